The molecule has 0 bridgehead atoms. The summed E-state index contributed by atoms with van der Waals surface area (Å²) >= 11 is 0. The molecule has 0 atom stereocenters. The van der Waals surface area contributed by atoms with Crippen LogP contribution >= 0.6 is 0 Å². The molecule has 0 aliphatic rings. The van der Waals surface area contributed by atoms with Crippen molar-refractivity contribution in [2.45, 2.75) is 27.2 Å². The van der Waals surface area contributed by atoms with E-state index in [4.69, 9.17) is 5.73 Å². The number of aromatic amines is 1. The number of nitrogens with one attached hydrogen (secondary N) is 1. The van der Waals surface area contributed by atoms with Crippen LogP contribution in [0.25, 0.3) is 11.0 Å². The number of nitrogens with two attached hydrogens (primary N) is 1. The number of benzene rings is 1. The third kappa shape index (κ3) is 3.26. The first-order valence-electron chi connectivity index (χ1n) is 6.95. The Hall–Kier alpha value is -1.55. The van der Waals surface area contributed by atoms with Gasteiger partial charge in [0.1, 0.15) is 0 Å². The van der Waals surface area contributed by atoms with E-state index in [0.717, 1.165) is 36.5 Å². The molecule has 4 nitrogen and oxygen atoms in total. The smallest absolute Gasteiger partial charge is 0.203 e. The highest BCUT2D eigenvalue weighted by atomic mass is 15.3. The van der Waals surface area contributed by atoms with Crippen LogP contribution in [0.15, 0.2) is 24.3 Å². The molecule has 0 saturated carbocycles. The lowest BCUT2D eigenvalue weighted by Crippen LogP contribution is -2.39. The highest BCUT2D eigenvalue weighted by molar-refractivity contribution is 5.77. The molecule has 4 heteroatoms. The van der Waals surface area contributed by atoms with E-state index in [2.05, 4.69) is 41.7 Å². The van der Waals surface area contributed by atoms with Crippen LogP contribution in [0.1, 0.15) is 27.2 Å². The lowest BCUT2D eigenvalue weighted by Gasteiger charge is -2.31. The van der Waals surface area contributed by atoms with Gasteiger partial charge in [-0.15, -0.1) is 0 Å². The average Bonchev–Trinajstić information content (AvgIpc) is 2.82. The molecule has 0 unspecified atom stereocenters. The molecule has 2 rings (SSSR count). The molecule has 0 saturated heterocycles. The summed E-state index contributed by atoms with van der Waals surface area (Å²) in [6.45, 7) is 9.15. The van der Waals surface area contributed by atoms with Crippen LogP contribution in [-0.4, -0.2) is 29.6 Å². The predicted octanol–water partition coefficient (Wildman–Crippen LogP) is 2.76. The Balaban J connectivity index is 2.27. The lowest BCUT2D eigenvalue weighted by atomic mass is 9.93. The monoisotopic (exact) mass is 260 g/mol. The Morgan fingerprint density at radius 3 is 2.68 bits per heavy atom. The maximum atomic E-state index is 5.85. The minimum atomic E-state index is 0.0914. The second-order valence-electron chi connectivity index (χ2n) is 5.87. The zero-order valence-electron chi connectivity index (χ0n) is 12.1. The normalized spacial score (nSPS) is 12.0. The Bertz CT molecular complexity index is 497. The Morgan fingerprint density at radius 1 is 1.32 bits per heavy atom. The molecule has 0 amide bonds. The van der Waals surface area contributed by atoms with E-state index in [0.29, 0.717) is 6.54 Å². The number of rotatable bonds is 6. The number of fused-ring (bicyclic) bond motifs is 1. The molecule has 1 aromatic carbocycles. The summed E-state index contributed by atoms with van der Waals surface area (Å²) < 4.78 is 0. The van der Waals surface area contributed by atoms with Crippen LogP contribution in [0.4, 0.5) is 5.95 Å². The van der Waals surface area contributed by atoms with Gasteiger partial charge in [-0.05, 0) is 30.5 Å². The third-order valence-corrected chi connectivity index (χ3v) is 3.34. The minimum Gasteiger partial charge on any atom is -0.342 e. The van der Waals surface area contributed by atoms with Gasteiger partial charge >= 0.3 is 0 Å². The van der Waals surface area contributed by atoms with Crippen LogP contribution in [0.2, 0.25) is 0 Å². The minimum absolute atomic E-state index is 0.0914. The molecule has 0 aliphatic carbocycles. The fourth-order valence-electron chi connectivity index (χ4n) is 2.20. The Morgan fingerprint density at radius 2 is 2.05 bits per heavy atom. The van der Waals surface area contributed by atoms with Gasteiger partial charge in [-0.3, -0.25) is 0 Å². The first kappa shape index (κ1) is 13.9. The van der Waals surface area contributed by atoms with Crippen molar-refractivity contribution < 1.29 is 0 Å². The van der Waals surface area contributed by atoms with E-state index in [1.54, 1.807) is 0 Å². The molecule has 1 heterocycles. The fraction of sp³-hybridized carbons (Fsp3) is 0.533. The van der Waals surface area contributed by atoms with E-state index in [1.807, 2.05) is 18.2 Å². The SMILES string of the molecule is CCCN(CC(C)(C)CN)c1nc2ccccc2[nH]1. The number of imidazole rings is 1. The van der Waals surface area contributed by atoms with Crippen molar-refractivity contribution in [3.8, 4) is 0 Å². The Labute approximate surface area is 115 Å². The molecular formula is C15H24N4. The van der Waals surface area contributed by atoms with E-state index in [-0.39, 0.29) is 5.41 Å². The molecular weight excluding hydrogens is 236 g/mol. The van der Waals surface area contributed by atoms with Crippen molar-refractivity contribution in [2.24, 2.45) is 11.1 Å². The number of nitrogens with zero attached hydrogens (tertiary/aromatic N) is 2. The zero-order valence-corrected chi connectivity index (χ0v) is 12.1. The molecule has 0 spiro atoms. The summed E-state index contributed by atoms with van der Waals surface area (Å²) in [5.74, 6) is 0.949. The second-order valence-corrected chi connectivity index (χ2v) is 5.87. The largest absolute Gasteiger partial charge is 0.342 e. The summed E-state index contributed by atoms with van der Waals surface area (Å²) in [5.41, 5.74) is 8.04. The predicted molar refractivity (Wildman–Crippen MR) is 81.4 cm³/mol. The number of aromatic nitrogens is 2. The van der Waals surface area contributed by atoms with Crippen LogP contribution in [0, 0.1) is 5.41 Å². The number of H-pyrrole nitrogens is 1. The molecule has 1 aromatic heterocycles. The van der Waals surface area contributed by atoms with E-state index < -0.39 is 0 Å². The first-order valence-corrected chi connectivity index (χ1v) is 6.95. The van der Waals surface area contributed by atoms with Gasteiger partial charge in [0.05, 0.1) is 11.0 Å². The summed E-state index contributed by atoms with van der Waals surface area (Å²) in [7, 11) is 0. The highest BCUT2D eigenvalue weighted by Crippen LogP contribution is 2.22. The van der Waals surface area contributed by atoms with Crippen LogP contribution in [-0.2, 0) is 0 Å². The number of hydrogen-bond donors (Lipinski definition) is 2. The van der Waals surface area contributed by atoms with Crippen LogP contribution in [0.5, 0.6) is 0 Å². The third-order valence-electron chi connectivity index (χ3n) is 3.34. The summed E-state index contributed by atoms with van der Waals surface area (Å²) in [5, 5.41) is 0. The van der Waals surface area contributed by atoms with Crippen molar-refractivity contribution >= 4 is 17.0 Å². The maximum Gasteiger partial charge on any atom is 0.203 e. The van der Waals surface area contributed by atoms with Crippen molar-refractivity contribution in [1.82, 2.24) is 9.97 Å². The Kier molecular flexibility index (Phi) is 4.10. The topological polar surface area (TPSA) is 57.9 Å². The van der Waals surface area contributed by atoms with Gasteiger partial charge in [-0.2, -0.15) is 0 Å². The van der Waals surface area contributed by atoms with Gasteiger partial charge in [0.2, 0.25) is 5.95 Å². The summed E-state index contributed by atoms with van der Waals surface area (Å²) in [4.78, 5) is 10.4. The van der Waals surface area contributed by atoms with Crippen molar-refractivity contribution in [1.29, 1.82) is 0 Å². The van der Waals surface area contributed by atoms with Crippen LogP contribution < -0.4 is 10.6 Å². The molecule has 19 heavy (non-hydrogen) atoms. The maximum absolute atomic E-state index is 5.85. The van der Waals surface area contributed by atoms with Crippen molar-refractivity contribution in [3.05, 3.63) is 24.3 Å². The number of hydrogen-bond acceptors (Lipinski definition) is 3. The average molecular weight is 260 g/mol. The van der Waals surface area contributed by atoms with E-state index in [9.17, 15) is 0 Å². The lowest BCUT2D eigenvalue weighted by molar-refractivity contribution is 0.375. The van der Waals surface area contributed by atoms with E-state index in [1.165, 1.54) is 0 Å². The van der Waals surface area contributed by atoms with Gasteiger partial charge < -0.3 is 15.6 Å². The first-order chi connectivity index (χ1) is 9.05. The summed E-state index contributed by atoms with van der Waals surface area (Å²) in [6, 6.07) is 8.14. The molecule has 3 N–H and O–H groups in total. The molecule has 2 aromatic rings. The fourth-order valence-corrected chi connectivity index (χ4v) is 2.20. The highest BCUT2D eigenvalue weighted by Gasteiger charge is 2.21. The van der Waals surface area contributed by atoms with Gasteiger partial charge in [-0.1, -0.05) is 32.9 Å². The van der Waals surface area contributed by atoms with Crippen molar-refractivity contribution in [2.75, 3.05) is 24.5 Å². The number of anilines is 1. The molecule has 0 fully saturated rings. The zero-order chi connectivity index (χ0) is 13.9. The van der Waals surface area contributed by atoms with Gasteiger partial charge in [0, 0.05) is 13.1 Å². The van der Waals surface area contributed by atoms with E-state index >= 15 is 0 Å². The quantitative estimate of drug-likeness (QED) is 0.839. The molecule has 0 aliphatic heterocycles. The van der Waals surface area contributed by atoms with Crippen LogP contribution in [0.3, 0.4) is 0 Å². The standard InChI is InChI=1S/C15H24N4/c1-4-9-19(11-15(2,3)10-16)14-17-12-7-5-6-8-13(12)18-14/h5-8H,4,9-11,16H2,1-3H3,(H,17,18). The van der Waals surface area contributed by atoms with Gasteiger partial charge in [0.15, 0.2) is 0 Å². The molecule has 104 valence electrons. The molecule has 0 radical (unpaired) electrons. The summed E-state index contributed by atoms with van der Waals surface area (Å²) in [6.07, 6.45) is 1.09. The van der Waals surface area contributed by atoms with Gasteiger partial charge in [-0.25, -0.2) is 4.98 Å². The van der Waals surface area contributed by atoms with Crippen molar-refractivity contribution in [3.63, 3.8) is 0 Å². The van der Waals surface area contributed by atoms with Gasteiger partial charge in [0.25, 0.3) is 0 Å². The second kappa shape index (κ2) is 5.61. The number of para-hydroxylation sites is 2.